The van der Waals surface area contributed by atoms with Gasteiger partial charge in [-0.15, -0.1) is 0 Å². The zero-order chi connectivity index (χ0) is 12.8. The van der Waals surface area contributed by atoms with Gasteiger partial charge in [0.25, 0.3) is 0 Å². The molecule has 0 aromatic heterocycles. The van der Waals surface area contributed by atoms with Gasteiger partial charge in [-0.1, -0.05) is 68.0 Å². The molecule has 2 aromatic rings. The van der Waals surface area contributed by atoms with E-state index in [0.717, 1.165) is 6.42 Å². The lowest BCUT2D eigenvalue weighted by Gasteiger charge is -2.07. The average molecular weight is 236 g/mol. The van der Waals surface area contributed by atoms with Gasteiger partial charge in [0.05, 0.1) is 0 Å². The average Bonchev–Trinajstić information content (AvgIpc) is 2.40. The van der Waals surface area contributed by atoms with E-state index in [0.29, 0.717) is 0 Å². The van der Waals surface area contributed by atoms with Crippen LogP contribution in [-0.4, -0.2) is 0 Å². The molecule has 0 N–H and O–H groups in total. The van der Waals surface area contributed by atoms with Gasteiger partial charge in [0.15, 0.2) is 0 Å². The van der Waals surface area contributed by atoms with Gasteiger partial charge < -0.3 is 0 Å². The summed E-state index contributed by atoms with van der Waals surface area (Å²) >= 11 is 0. The molecule has 0 aliphatic rings. The third-order valence-electron chi connectivity index (χ3n) is 3.11. The van der Waals surface area contributed by atoms with Gasteiger partial charge in [-0.25, -0.2) is 0 Å². The molecule has 0 heterocycles. The van der Waals surface area contributed by atoms with E-state index >= 15 is 0 Å². The predicted octanol–water partition coefficient (Wildman–Crippen LogP) is 5.38. The van der Waals surface area contributed by atoms with Gasteiger partial charge in [0.1, 0.15) is 0 Å². The molecule has 0 saturated carbocycles. The third-order valence-corrected chi connectivity index (χ3v) is 3.11. The van der Waals surface area contributed by atoms with Gasteiger partial charge in [-0.3, -0.25) is 0 Å². The van der Waals surface area contributed by atoms with E-state index in [1.807, 2.05) is 6.92 Å². The Hall–Kier alpha value is -1.82. The molecule has 0 atom stereocenters. The van der Waals surface area contributed by atoms with E-state index < -0.39 is 0 Å². The summed E-state index contributed by atoms with van der Waals surface area (Å²) in [6.07, 6.45) is 10.8. The molecule has 0 nitrogen and oxygen atoms in total. The monoisotopic (exact) mass is 236 g/mol. The highest BCUT2D eigenvalue weighted by molar-refractivity contribution is 5.86. The van der Waals surface area contributed by atoms with Crippen LogP contribution in [0.1, 0.15) is 31.4 Å². The number of fused-ring (bicyclic) bond motifs is 1. The molecule has 0 radical (unpaired) electrons. The highest BCUT2D eigenvalue weighted by atomic mass is 14.1. The summed E-state index contributed by atoms with van der Waals surface area (Å²) in [7, 11) is 0. The number of hydrogen-bond acceptors (Lipinski definition) is 0. The quantitative estimate of drug-likeness (QED) is 0.625. The second-order valence-corrected chi connectivity index (χ2v) is 4.53. The van der Waals surface area contributed by atoms with Crippen molar-refractivity contribution in [1.82, 2.24) is 0 Å². The number of rotatable bonds is 4. The lowest BCUT2D eigenvalue weighted by Crippen LogP contribution is -1.89. The molecule has 0 aliphatic carbocycles. The summed E-state index contributed by atoms with van der Waals surface area (Å²) in [4.78, 5) is 0. The van der Waals surface area contributed by atoms with Gasteiger partial charge in [-0.2, -0.15) is 0 Å². The Labute approximate surface area is 110 Å². The van der Waals surface area contributed by atoms with Crippen LogP contribution in [0.5, 0.6) is 0 Å². The highest BCUT2D eigenvalue weighted by Gasteiger charge is 2.01. The number of allylic oxidation sites excluding steroid dienone is 3. The second-order valence-electron chi connectivity index (χ2n) is 4.53. The van der Waals surface area contributed by atoms with Gasteiger partial charge >= 0.3 is 0 Å². The Bertz CT molecular complexity index is 574. The molecule has 18 heavy (non-hydrogen) atoms. The van der Waals surface area contributed by atoms with Crippen LogP contribution in [0, 0.1) is 0 Å². The molecule has 92 valence electrons. The minimum absolute atomic E-state index is 1.14. The van der Waals surface area contributed by atoms with Crippen molar-refractivity contribution in [2.24, 2.45) is 0 Å². The minimum atomic E-state index is 1.14. The lowest BCUT2D eigenvalue weighted by molar-refractivity contribution is 0.921. The summed E-state index contributed by atoms with van der Waals surface area (Å²) in [5.41, 5.74) is 2.78. The van der Waals surface area contributed by atoms with Gasteiger partial charge in [0.2, 0.25) is 0 Å². The van der Waals surface area contributed by atoms with Crippen molar-refractivity contribution >= 4 is 16.8 Å². The number of aryl methyl sites for hydroxylation is 1. The van der Waals surface area contributed by atoms with Crippen LogP contribution in [0.15, 0.2) is 54.6 Å². The SMILES string of the molecule is C/C=C\C=C/c1cc2ccccc2cc1CCC. The van der Waals surface area contributed by atoms with Crippen LogP contribution in [0.2, 0.25) is 0 Å². The zero-order valence-corrected chi connectivity index (χ0v) is 11.2. The van der Waals surface area contributed by atoms with Crippen molar-refractivity contribution < 1.29 is 0 Å². The minimum Gasteiger partial charge on any atom is -0.0877 e. The van der Waals surface area contributed by atoms with E-state index in [4.69, 9.17) is 0 Å². The van der Waals surface area contributed by atoms with Crippen molar-refractivity contribution in [3.63, 3.8) is 0 Å². The molecule has 0 saturated heterocycles. The third kappa shape index (κ3) is 2.89. The van der Waals surface area contributed by atoms with E-state index in [1.54, 1.807) is 0 Å². The van der Waals surface area contributed by atoms with Gasteiger partial charge in [0, 0.05) is 0 Å². The van der Waals surface area contributed by atoms with E-state index in [9.17, 15) is 0 Å². The largest absolute Gasteiger partial charge is 0.0877 e. The fourth-order valence-corrected chi connectivity index (χ4v) is 2.22. The van der Waals surface area contributed by atoms with E-state index in [2.05, 4.69) is 67.6 Å². The predicted molar refractivity (Wildman–Crippen MR) is 81.8 cm³/mol. The first-order chi connectivity index (χ1) is 8.85. The number of benzene rings is 2. The molecule has 0 unspecified atom stereocenters. The molecule has 2 aromatic carbocycles. The first-order valence-corrected chi connectivity index (χ1v) is 6.66. The highest BCUT2D eigenvalue weighted by Crippen LogP contribution is 2.22. The summed E-state index contributed by atoms with van der Waals surface area (Å²) in [5.74, 6) is 0. The van der Waals surface area contributed by atoms with E-state index in [1.165, 1.54) is 28.3 Å². The zero-order valence-electron chi connectivity index (χ0n) is 11.2. The molecular formula is C18H20. The fraction of sp³-hybridized carbons (Fsp3) is 0.222. The standard InChI is InChI=1S/C18H20/c1-3-5-6-10-16-14-18-12-8-7-11-17(18)13-15(16)9-4-2/h3,5-8,10-14H,4,9H2,1-2H3/b5-3-,10-6-. The maximum atomic E-state index is 2.33. The number of hydrogen-bond donors (Lipinski definition) is 0. The Morgan fingerprint density at radius 1 is 1.00 bits per heavy atom. The molecule has 0 aliphatic heterocycles. The topological polar surface area (TPSA) is 0 Å². The van der Waals surface area contributed by atoms with Crippen molar-refractivity contribution in [2.45, 2.75) is 26.7 Å². The normalized spacial score (nSPS) is 11.9. The summed E-state index contributed by atoms with van der Waals surface area (Å²) in [5, 5.41) is 2.65. The smallest absolute Gasteiger partial charge is 0.0178 e. The van der Waals surface area contributed by atoms with Crippen molar-refractivity contribution in [3.8, 4) is 0 Å². The summed E-state index contributed by atoms with van der Waals surface area (Å²) in [6, 6.07) is 13.2. The van der Waals surface area contributed by atoms with Crippen LogP contribution in [0.3, 0.4) is 0 Å². The molecule has 0 amide bonds. The van der Waals surface area contributed by atoms with E-state index in [-0.39, 0.29) is 0 Å². The second kappa shape index (κ2) is 6.20. The summed E-state index contributed by atoms with van der Waals surface area (Å²) in [6.45, 7) is 4.27. The first kappa shape index (κ1) is 12.6. The first-order valence-electron chi connectivity index (χ1n) is 6.66. The Kier molecular flexibility index (Phi) is 4.35. The Morgan fingerprint density at radius 3 is 2.39 bits per heavy atom. The maximum absolute atomic E-state index is 2.33. The van der Waals surface area contributed by atoms with Crippen molar-refractivity contribution in [2.75, 3.05) is 0 Å². The Balaban J connectivity index is 2.50. The van der Waals surface area contributed by atoms with Crippen LogP contribution in [0.25, 0.3) is 16.8 Å². The molecule has 0 fully saturated rings. The van der Waals surface area contributed by atoms with Crippen molar-refractivity contribution in [3.05, 3.63) is 65.8 Å². The van der Waals surface area contributed by atoms with Gasteiger partial charge in [-0.05, 0) is 41.3 Å². The molecule has 2 rings (SSSR count). The van der Waals surface area contributed by atoms with Crippen LogP contribution in [0.4, 0.5) is 0 Å². The lowest BCUT2D eigenvalue weighted by atomic mass is 9.97. The van der Waals surface area contributed by atoms with Crippen LogP contribution < -0.4 is 0 Å². The molecular weight excluding hydrogens is 216 g/mol. The Morgan fingerprint density at radius 2 is 1.72 bits per heavy atom. The molecule has 0 spiro atoms. The maximum Gasteiger partial charge on any atom is -0.0178 e. The molecule has 0 bridgehead atoms. The fourth-order valence-electron chi connectivity index (χ4n) is 2.22. The summed E-state index contributed by atoms with van der Waals surface area (Å²) < 4.78 is 0. The van der Waals surface area contributed by atoms with Crippen molar-refractivity contribution in [1.29, 1.82) is 0 Å². The molecule has 0 heteroatoms. The van der Waals surface area contributed by atoms with Crippen LogP contribution in [-0.2, 0) is 6.42 Å². The van der Waals surface area contributed by atoms with Crippen LogP contribution >= 0.6 is 0 Å².